The highest BCUT2D eigenvalue weighted by molar-refractivity contribution is 5.78. The maximum Gasteiger partial charge on any atom is 0.223 e. The lowest BCUT2D eigenvalue weighted by atomic mass is 10.1. The van der Waals surface area contributed by atoms with E-state index in [9.17, 15) is 4.79 Å². The van der Waals surface area contributed by atoms with E-state index in [4.69, 9.17) is 0 Å². The second-order valence-corrected chi connectivity index (χ2v) is 5.49. The van der Waals surface area contributed by atoms with Crippen LogP contribution < -0.4 is 5.32 Å². The van der Waals surface area contributed by atoms with Crippen LogP contribution in [0.2, 0.25) is 0 Å². The highest BCUT2D eigenvalue weighted by Gasteiger charge is 2.22. The molecule has 0 aromatic carbocycles. The molecule has 0 saturated heterocycles. The minimum Gasteiger partial charge on any atom is -0.352 e. The molecular formula is C17H19N3O. The van der Waals surface area contributed by atoms with Gasteiger partial charge in [-0.05, 0) is 42.7 Å². The van der Waals surface area contributed by atoms with Crippen molar-refractivity contribution in [3.8, 4) is 11.3 Å². The number of amides is 1. The summed E-state index contributed by atoms with van der Waals surface area (Å²) in [7, 11) is 0. The van der Waals surface area contributed by atoms with Gasteiger partial charge in [-0.2, -0.15) is 0 Å². The van der Waals surface area contributed by atoms with Gasteiger partial charge in [-0.3, -0.25) is 14.8 Å². The van der Waals surface area contributed by atoms with Crippen LogP contribution in [0.5, 0.6) is 0 Å². The number of pyridine rings is 2. The minimum absolute atomic E-state index is 0.187. The lowest BCUT2D eigenvalue weighted by Gasteiger charge is -2.10. The van der Waals surface area contributed by atoms with Crippen molar-refractivity contribution in [3.63, 3.8) is 0 Å². The first-order chi connectivity index (χ1) is 10.3. The van der Waals surface area contributed by atoms with Gasteiger partial charge in [-0.15, -0.1) is 0 Å². The lowest BCUT2D eigenvalue weighted by molar-refractivity contribution is -0.124. The number of rotatable bonds is 4. The first-order valence-electron chi connectivity index (χ1n) is 7.46. The standard InChI is InChI=1S/C17H19N3O/c21-17(14-4-1-2-5-14)20-11-13-7-9-19-16(10-13)15-6-3-8-18-12-15/h3,6-10,12,14H,1-2,4-5,11H2,(H,20,21). The van der Waals surface area contributed by atoms with Gasteiger partial charge >= 0.3 is 0 Å². The average Bonchev–Trinajstić information content (AvgIpc) is 3.08. The van der Waals surface area contributed by atoms with Gasteiger partial charge in [0.1, 0.15) is 0 Å². The average molecular weight is 281 g/mol. The van der Waals surface area contributed by atoms with E-state index in [1.54, 1.807) is 18.6 Å². The van der Waals surface area contributed by atoms with Crippen LogP contribution in [0.1, 0.15) is 31.2 Å². The molecule has 1 aliphatic carbocycles. The normalized spacial score (nSPS) is 15.0. The smallest absolute Gasteiger partial charge is 0.223 e. The SMILES string of the molecule is O=C(NCc1ccnc(-c2cccnc2)c1)C1CCCC1. The first kappa shape index (κ1) is 13.7. The van der Waals surface area contributed by atoms with Crippen molar-refractivity contribution in [1.29, 1.82) is 0 Å². The monoisotopic (exact) mass is 281 g/mol. The van der Waals surface area contributed by atoms with E-state index in [2.05, 4.69) is 15.3 Å². The minimum atomic E-state index is 0.187. The van der Waals surface area contributed by atoms with Gasteiger partial charge in [-0.25, -0.2) is 0 Å². The highest BCUT2D eigenvalue weighted by Crippen LogP contribution is 2.24. The molecule has 1 amide bonds. The Labute approximate surface area is 124 Å². The van der Waals surface area contributed by atoms with Crippen LogP contribution in [0.3, 0.4) is 0 Å². The predicted octanol–water partition coefficient (Wildman–Crippen LogP) is 2.95. The van der Waals surface area contributed by atoms with Crippen molar-refractivity contribution in [2.75, 3.05) is 0 Å². The van der Waals surface area contributed by atoms with Gasteiger partial charge in [0.25, 0.3) is 0 Å². The van der Waals surface area contributed by atoms with Crippen LogP contribution in [0.15, 0.2) is 42.9 Å². The predicted molar refractivity (Wildman–Crippen MR) is 81.3 cm³/mol. The van der Waals surface area contributed by atoms with E-state index in [0.29, 0.717) is 6.54 Å². The number of nitrogens with zero attached hydrogens (tertiary/aromatic N) is 2. The maximum absolute atomic E-state index is 12.0. The zero-order valence-corrected chi connectivity index (χ0v) is 12.0. The zero-order valence-electron chi connectivity index (χ0n) is 12.0. The molecule has 4 heteroatoms. The number of hydrogen-bond donors (Lipinski definition) is 1. The summed E-state index contributed by atoms with van der Waals surface area (Å²) in [6.45, 7) is 0.561. The third-order valence-corrected chi connectivity index (χ3v) is 3.97. The maximum atomic E-state index is 12.0. The third-order valence-electron chi connectivity index (χ3n) is 3.97. The topological polar surface area (TPSA) is 54.9 Å². The summed E-state index contributed by atoms with van der Waals surface area (Å²) in [4.78, 5) is 20.5. The quantitative estimate of drug-likeness (QED) is 0.937. The second kappa shape index (κ2) is 6.48. The molecule has 2 heterocycles. The number of nitrogens with one attached hydrogen (secondary N) is 1. The molecule has 0 aliphatic heterocycles. The highest BCUT2D eigenvalue weighted by atomic mass is 16.1. The summed E-state index contributed by atoms with van der Waals surface area (Å²) in [6.07, 6.45) is 9.74. The third kappa shape index (κ3) is 3.45. The van der Waals surface area contributed by atoms with Gasteiger partial charge < -0.3 is 5.32 Å². The van der Waals surface area contributed by atoms with Crippen LogP contribution in [-0.4, -0.2) is 15.9 Å². The van der Waals surface area contributed by atoms with E-state index >= 15 is 0 Å². The molecule has 21 heavy (non-hydrogen) atoms. The number of aromatic nitrogens is 2. The van der Waals surface area contributed by atoms with Gasteiger partial charge in [0, 0.05) is 36.6 Å². The Morgan fingerprint density at radius 1 is 1.24 bits per heavy atom. The molecule has 4 nitrogen and oxygen atoms in total. The van der Waals surface area contributed by atoms with Crippen LogP contribution in [0, 0.1) is 5.92 Å². The first-order valence-corrected chi connectivity index (χ1v) is 7.46. The number of carbonyl (C=O) groups is 1. The molecule has 108 valence electrons. The zero-order chi connectivity index (χ0) is 14.5. The Kier molecular flexibility index (Phi) is 4.24. The molecule has 2 aromatic rings. The Balaban J connectivity index is 1.65. The van der Waals surface area contributed by atoms with Crippen molar-refractivity contribution in [3.05, 3.63) is 48.4 Å². The van der Waals surface area contributed by atoms with Gasteiger partial charge in [0.05, 0.1) is 5.69 Å². The van der Waals surface area contributed by atoms with E-state index in [0.717, 1.165) is 29.7 Å². The molecule has 0 bridgehead atoms. The molecular weight excluding hydrogens is 262 g/mol. The van der Waals surface area contributed by atoms with Crippen LogP contribution in [0.4, 0.5) is 0 Å². The lowest BCUT2D eigenvalue weighted by Crippen LogP contribution is -2.28. The van der Waals surface area contributed by atoms with Crippen molar-refractivity contribution >= 4 is 5.91 Å². The molecule has 1 N–H and O–H groups in total. The molecule has 1 saturated carbocycles. The van der Waals surface area contributed by atoms with Gasteiger partial charge in [0.15, 0.2) is 0 Å². The fraction of sp³-hybridized carbons (Fsp3) is 0.353. The van der Waals surface area contributed by atoms with Crippen molar-refractivity contribution in [2.24, 2.45) is 5.92 Å². The van der Waals surface area contributed by atoms with Crippen LogP contribution in [0.25, 0.3) is 11.3 Å². The molecule has 1 fully saturated rings. The van der Waals surface area contributed by atoms with Gasteiger partial charge in [-0.1, -0.05) is 12.8 Å². The molecule has 0 atom stereocenters. The molecule has 2 aromatic heterocycles. The molecule has 0 radical (unpaired) electrons. The molecule has 3 rings (SSSR count). The Morgan fingerprint density at radius 3 is 2.86 bits per heavy atom. The molecule has 0 spiro atoms. The summed E-state index contributed by atoms with van der Waals surface area (Å²) < 4.78 is 0. The van der Waals surface area contributed by atoms with E-state index in [-0.39, 0.29) is 11.8 Å². The van der Waals surface area contributed by atoms with Crippen molar-refractivity contribution in [2.45, 2.75) is 32.2 Å². The molecule has 0 unspecified atom stereocenters. The fourth-order valence-corrected chi connectivity index (χ4v) is 2.78. The van der Waals surface area contributed by atoms with Gasteiger partial charge in [0.2, 0.25) is 5.91 Å². The van der Waals surface area contributed by atoms with Crippen molar-refractivity contribution in [1.82, 2.24) is 15.3 Å². The summed E-state index contributed by atoms with van der Waals surface area (Å²) in [5.41, 5.74) is 2.94. The number of carbonyl (C=O) groups excluding carboxylic acids is 1. The Morgan fingerprint density at radius 2 is 2.10 bits per heavy atom. The van der Waals surface area contributed by atoms with E-state index < -0.39 is 0 Å². The van der Waals surface area contributed by atoms with E-state index in [1.165, 1.54) is 12.8 Å². The summed E-state index contributed by atoms with van der Waals surface area (Å²) in [5, 5.41) is 3.04. The van der Waals surface area contributed by atoms with Crippen molar-refractivity contribution < 1.29 is 4.79 Å². The second-order valence-electron chi connectivity index (χ2n) is 5.49. The summed E-state index contributed by atoms with van der Waals surface area (Å²) in [6, 6.07) is 7.82. The Hall–Kier alpha value is -2.23. The van der Waals surface area contributed by atoms with E-state index in [1.807, 2.05) is 24.3 Å². The molecule has 1 aliphatic rings. The Bertz CT molecular complexity index is 606. The number of hydrogen-bond acceptors (Lipinski definition) is 3. The van der Waals surface area contributed by atoms with Crippen LogP contribution >= 0.6 is 0 Å². The largest absolute Gasteiger partial charge is 0.352 e. The van der Waals surface area contributed by atoms with Crippen LogP contribution in [-0.2, 0) is 11.3 Å². The summed E-state index contributed by atoms with van der Waals surface area (Å²) >= 11 is 0. The fourth-order valence-electron chi connectivity index (χ4n) is 2.78. The summed E-state index contributed by atoms with van der Waals surface area (Å²) in [5.74, 6) is 0.400.